The lowest BCUT2D eigenvalue weighted by Gasteiger charge is -1.91. The molecule has 0 aliphatic rings. The number of alkyl halides is 1. The Morgan fingerprint density at radius 2 is 2.00 bits per heavy atom. The lowest BCUT2D eigenvalue weighted by molar-refractivity contribution is 1.50. The van der Waals surface area contributed by atoms with E-state index in [1.54, 1.807) is 6.08 Å². The van der Waals surface area contributed by atoms with Crippen molar-refractivity contribution < 1.29 is 0 Å². The van der Waals surface area contributed by atoms with Crippen molar-refractivity contribution >= 4 is 27.5 Å². The average molecular weight is 238 g/mol. The van der Waals surface area contributed by atoms with Crippen LogP contribution >= 0.6 is 27.5 Å². The molecule has 0 bridgehead atoms. The number of allylic oxidation sites excluding steroid dienone is 4. The van der Waals surface area contributed by atoms with Gasteiger partial charge >= 0.3 is 0 Å². The Balaban J connectivity index is 0. The Morgan fingerprint density at radius 1 is 1.55 bits per heavy atom. The first-order valence-corrected chi connectivity index (χ1v) is 4.77. The highest BCUT2D eigenvalue weighted by Crippen LogP contribution is 2.08. The highest BCUT2D eigenvalue weighted by Gasteiger charge is 1.86. The van der Waals surface area contributed by atoms with Crippen LogP contribution in [0.15, 0.2) is 35.4 Å². The maximum absolute atomic E-state index is 5.51. The fourth-order valence-corrected chi connectivity index (χ4v) is 0.834. The van der Waals surface area contributed by atoms with Crippen LogP contribution in [0.4, 0.5) is 0 Å². The number of rotatable bonds is 3. The molecule has 0 aromatic carbocycles. The van der Waals surface area contributed by atoms with Crippen LogP contribution < -0.4 is 0 Å². The molecule has 0 amide bonds. The number of hydrogen-bond acceptors (Lipinski definition) is 0. The first kappa shape index (κ1) is 13.6. The van der Waals surface area contributed by atoms with E-state index in [2.05, 4.69) is 29.1 Å². The molecule has 0 fully saturated rings. The predicted octanol–water partition coefficient (Wildman–Crippen LogP) is 4.27. The summed E-state index contributed by atoms with van der Waals surface area (Å²) in [6.07, 6.45) is 3.54. The summed E-state index contributed by atoms with van der Waals surface area (Å²) in [5.74, 6) is 0.480. The summed E-state index contributed by atoms with van der Waals surface area (Å²) in [6, 6.07) is 0. The normalized spacial score (nSPS) is 9.64. The van der Waals surface area contributed by atoms with Gasteiger partial charge in [0.1, 0.15) is 0 Å². The van der Waals surface area contributed by atoms with Gasteiger partial charge in [-0.25, -0.2) is 0 Å². The van der Waals surface area contributed by atoms with E-state index in [4.69, 9.17) is 11.6 Å². The van der Waals surface area contributed by atoms with Gasteiger partial charge in [-0.15, -0.1) is 11.6 Å². The van der Waals surface area contributed by atoms with Crippen molar-refractivity contribution in [1.29, 1.82) is 0 Å². The topological polar surface area (TPSA) is 0 Å². The molecule has 0 radical (unpaired) electrons. The van der Waals surface area contributed by atoms with Crippen molar-refractivity contribution in [2.24, 2.45) is 0 Å². The Hall–Kier alpha value is -0.0100. The van der Waals surface area contributed by atoms with E-state index in [1.807, 2.05) is 19.9 Å². The molecule has 0 spiro atoms. The Kier molecular flexibility index (Phi) is 12.3. The summed E-state index contributed by atoms with van der Waals surface area (Å²) in [6.45, 7) is 11.2. The summed E-state index contributed by atoms with van der Waals surface area (Å²) >= 11 is 8.69. The monoisotopic (exact) mass is 236 g/mol. The summed E-state index contributed by atoms with van der Waals surface area (Å²) in [7, 11) is 0. The lowest BCUT2D eigenvalue weighted by atomic mass is 10.3. The minimum absolute atomic E-state index is 0.480. The molecule has 0 aromatic rings. The Labute approximate surface area is 82.8 Å². The van der Waals surface area contributed by atoms with Gasteiger partial charge in [-0.2, -0.15) is 0 Å². The van der Waals surface area contributed by atoms with Crippen molar-refractivity contribution in [2.45, 2.75) is 13.8 Å². The SMILES string of the molecule is C=C/C(=C\C(=C)Br)CCl.CC. The van der Waals surface area contributed by atoms with Gasteiger partial charge in [-0.05, 0) is 11.6 Å². The van der Waals surface area contributed by atoms with Gasteiger partial charge in [0.05, 0.1) is 0 Å². The maximum atomic E-state index is 5.51. The molecule has 64 valence electrons. The molecule has 0 N–H and O–H groups in total. The van der Waals surface area contributed by atoms with Gasteiger partial charge in [-0.3, -0.25) is 0 Å². The third kappa shape index (κ3) is 9.99. The van der Waals surface area contributed by atoms with E-state index in [1.165, 1.54) is 0 Å². The Bertz CT molecular complexity index is 148. The molecule has 11 heavy (non-hydrogen) atoms. The second kappa shape index (κ2) is 9.99. The molecule has 0 nitrogen and oxygen atoms in total. The van der Waals surface area contributed by atoms with Crippen LogP contribution in [-0.4, -0.2) is 5.88 Å². The molecule has 0 atom stereocenters. The van der Waals surface area contributed by atoms with Gasteiger partial charge in [0.25, 0.3) is 0 Å². The molecule has 0 aliphatic carbocycles. The van der Waals surface area contributed by atoms with Crippen molar-refractivity contribution in [2.75, 3.05) is 5.88 Å². The van der Waals surface area contributed by atoms with Crippen LogP contribution in [0.1, 0.15) is 13.8 Å². The zero-order valence-electron chi connectivity index (χ0n) is 7.03. The maximum Gasteiger partial charge on any atom is 0.0474 e. The van der Waals surface area contributed by atoms with Crippen LogP contribution in [0.5, 0.6) is 0 Å². The Morgan fingerprint density at radius 3 is 2.09 bits per heavy atom. The second-order valence-corrected chi connectivity index (χ2v) is 2.79. The first-order valence-electron chi connectivity index (χ1n) is 3.44. The molecule has 0 saturated carbocycles. The zero-order chi connectivity index (χ0) is 9.28. The molecule has 0 aromatic heterocycles. The highest BCUT2D eigenvalue weighted by atomic mass is 79.9. The summed E-state index contributed by atoms with van der Waals surface area (Å²) in [5, 5.41) is 0. The minimum atomic E-state index is 0.480. The predicted molar refractivity (Wildman–Crippen MR) is 58.4 cm³/mol. The smallest absolute Gasteiger partial charge is 0.0474 e. The fourth-order valence-electron chi connectivity index (χ4n) is 0.353. The van der Waals surface area contributed by atoms with E-state index in [0.29, 0.717) is 5.88 Å². The molecule has 0 rings (SSSR count). The summed E-state index contributed by atoms with van der Waals surface area (Å²) in [4.78, 5) is 0. The van der Waals surface area contributed by atoms with E-state index >= 15 is 0 Å². The van der Waals surface area contributed by atoms with Crippen molar-refractivity contribution in [1.82, 2.24) is 0 Å². The third-order valence-electron chi connectivity index (χ3n) is 0.759. The minimum Gasteiger partial charge on any atom is -0.122 e. The summed E-state index contributed by atoms with van der Waals surface area (Å²) in [5.41, 5.74) is 0.971. The van der Waals surface area contributed by atoms with Crippen LogP contribution in [-0.2, 0) is 0 Å². The van der Waals surface area contributed by atoms with Gasteiger partial charge < -0.3 is 0 Å². The lowest BCUT2D eigenvalue weighted by Crippen LogP contribution is -1.76. The van der Waals surface area contributed by atoms with Crippen molar-refractivity contribution in [3.05, 3.63) is 35.4 Å². The molecule has 0 heterocycles. The molecular weight excluding hydrogens is 223 g/mol. The quantitative estimate of drug-likeness (QED) is 0.508. The standard InChI is InChI=1S/C7H8BrCl.C2H6/c1-3-7(5-9)4-6(2)8;1-2/h3-4H,1-2,5H2;1-2H3/b7-4+;. The zero-order valence-corrected chi connectivity index (χ0v) is 9.37. The van der Waals surface area contributed by atoms with E-state index in [0.717, 1.165) is 10.1 Å². The highest BCUT2D eigenvalue weighted by molar-refractivity contribution is 9.11. The van der Waals surface area contributed by atoms with E-state index in [-0.39, 0.29) is 0 Å². The van der Waals surface area contributed by atoms with E-state index < -0.39 is 0 Å². The fraction of sp³-hybridized carbons (Fsp3) is 0.333. The van der Waals surface area contributed by atoms with Crippen molar-refractivity contribution in [3.8, 4) is 0 Å². The van der Waals surface area contributed by atoms with Crippen LogP contribution in [0.2, 0.25) is 0 Å². The molecule has 2 heteroatoms. The molecule has 0 unspecified atom stereocenters. The van der Waals surface area contributed by atoms with Crippen LogP contribution in [0.3, 0.4) is 0 Å². The van der Waals surface area contributed by atoms with Gasteiger partial charge in [0, 0.05) is 10.4 Å². The van der Waals surface area contributed by atoms with Crippen molar-refractivity contribution in [3.63, 3.8) is 0 Å². The molecule has 0 aliphatic heterocycles. The van der Waals surface area contributed by atoms with Crippen LogP contribution in [0, 0.1) is 0 Å². The molecular formula is C9H14BrCl. The van der Waals surface area contributed by atoms with Gasteiger partial charge in [0.15, 0.2) is 0 Å². The van der Waals surface area contributed by atoms with Crippen LogP contribution in [0.25, 0.3) is 0 Å². The van der Waals surface area contributed by atoms with Gasteiger partial charge in [0.2, 0.25) is 0 Å². The first-order chi connectivity index (χ1) is 5.20. The largest absolute Gasteiger partial charge is 0.122 e. The number of hydrogen-bond donors (Lipinski definition) is 0. The van der Waals surface area contributed by atoms with Gasteiger partial charge in [-0.1, -0.05) is 49.0 Å². The van der Waals surface area contributed by atoms with E-state index in [9.17, 15) is 0 Å². The second-order valence-electron chi connectivity index (χ2n) is 1.50. The number of halogens is 2. The third-order valence-corrected chi connectivity index (χ3v) is 1.30. The average Bonchev–Trinajstić information content (AvgIpc) is 2.03. The summed E-state index contributed by atoms with van der Waals surface area (Å²) < 4.78 is 0.818. The molecule has 0 saturated heterocycles.